The lowest BCUT2D eigenvalue weighted by atomic mass is 9.99. The Morgan fingerprint density at radius 3 is 2.39 bits per heavy atom. The van der Waals surface area contributed by atoms with Gasteiger partial charge in [0, 0.05) is 91.2 Å². The molecule has 2 aliphatic heterocycles. The highest BCUT2D eigenvalue weighted by Gasteiger charge is 2.26. The first-order chi connectivity index (χ1) is 30.1. The third-order valence-corrected chi connectivity index (χ3v) is 13.9. The molecule has 0 radical (unpaired) electrons. The van der Waals surface area contributed by atoms with Crippen molar-refractivity contribution in [2.75, 3.05) is 79.7 Å². The zero-order valence-corrected chi connectivity index (χ0v) is 36.2. The number of nitrogens with zero attached hydrogens (tertiary/aromatic N) is 6. The minimum Gasteiger partial charge on any atom is -0.379 e. The van der Waals surface area contributed by atoms with Crippen LogP contribution in [0.4, 0.5) is 27.3 Å². The van der Waals surface area contributed by atoms with Crippen molar-refractivity contribution in [2.24, 2.45) is 0 Å². The molecule has 1 atom stereocenters. The molecule has 8 rings (SSSR count). The SMILES string of the molecule is O=[N+]([O-])c1cc(S(=O)(=O)Nc2ncnc3cc(N4CCN(Cc5ccccc5-c5ccc(Cl)cc5)CC4)ccc23)ccc1NC(CCN1CCOCC1)CSc1ccc(F)cc1. The minimum absolute atomic E-state index is 0.0663. The number of nitro benzene ring substituents is 1. The molecule has 0 spiro atoms. The van der Waals surface area contributed by atoms with Crippen LogP contribution in [0.25, 0.3) is 22.0 Å². The van der Waals surface area contributed by atoms with Gasteiger partial charge in [0.05, 0.1) is 28.5 Å². The molecule has 13 nitrogen and oxygen atoms in total. The molecule has 62 heavy (non-hydrogen) atoms. The number of nitrogens with one attached hydrogen (secondary N) is 2. The Hall–Kier alpha value is -5.36. The van der Waals surface area contributed by atoms with E-state index in [2.05, 4.69) is 59.0 Å². The third-order valence-electron chi connectivity index (χ3n) is 11.2. The van der Waals surface area contributed by atoms with Gasteiger partial charge >= 0.3 is 0 Å². The molecule has 2 saturated heterocycles. The summed E-state index contributed by atoms with van der Waals surface area (Å²) in [6.07, 6.45) is 1.96. The Labute approximate surface area is 369 Å². The van der Waals surface area contributed by atoms with E-state index in [1.165, 1.54) is 53.5 Å². The fourth-order valence-corrected chi connectivity index (χ4v) is 9.89. The number of anilines is 3. The molecule has 5 aromatic carbocycles. The van der Waals surface area contributed by atoms with Gasteiger partial charge in [0.1, 0.15) is 17.8 Å². The largest absolute Gasteiger partial charge is 0.379 e. The van der Waals surface area contributed by atoms with E-state index in [4.69, 9.17) is 16.3 Å². The van der Waals surface area contributed by atoms with Gasteiger partial charge in [-0.05, 0) is 89.8 Å². The van der Waals surface area contributed by atoms with Gasteiger partial charge in [-0.1, -0.05) is 48.0 Å². The number of piperazine rings is 1. The van der Waals surface area contributed by atoms with Gasteiger partial charge in [-0.15, -0.1) is 11.8 Å². The third kappa shape index (κ3) is 10.8. The first-order valence-electron chi connectivity index (χ1n) is 20.4. The number of fused-ring (bicyclic) bond motifs is 1. The van der Waals surface area contributed by atoms with Crippen LogP contribution < -0.4 is 14.9 Å². The molecular weight excluding hydrogens is 851 g/mol. The highest BCUT2D eigenvalue weighted by Crippen LogP contribution is 2.33. The number of hydrogen-bond acceptors (Lipinski definition) is 12. The van der Waals surface area contributed by atoms with E-state index >= 15 is 0 Å². The Kier molecular flexibility index (Phi) is 13.8. The molecule has 0 bridgehead atoms. The minimum atomic E-state index is -4.31. The van der Waals surface area contributed by atoms with E-state index in [-0.39, 0.29) is 33.9 Å². The summed E-state index contributed by atoms with van der Waals surface area (Å²) in [6, 6.07) is 31.8. The van der Waals surface area contributed by atoms with Gasteiger partial charge in [-0.25, -0.2) is 22.8 Å². The van der Waals surface area contributed by atoms with Crippen LogP contribution in [0.2, 0.25) is 5.02 Å². The number of rotatable bonds is 16. The first-order valence-corrected chi connectivity index (χ1v) is 23.2. The number of benzene rings is 5. The summed E-state index contributed by atoms with van der Waals surface area (Å²) in [5.74, 6) is 0.273. The lowest BCUT2D eigenvalue weighted by Crippen LogP contribution is -2.46. The van der Waals surface area contributed by atoms with Crippen molar-refractivity contribution in [2.45, 2.75) is 28.8 Å². The molecule has 2 fully saturated rings. The number of halogens is 2. The number of thioether (sulfide) groups is 1. The molecule has 2 aliphatic rings. The van der Waals surface area contributed by atoms with Crippen LogP contribution in [-0.4, -0.2) is 104 Å². The summed E-state index contributed by atoms with van der Waals surface area (Å²) in [5, 5.41) is 16.9. The predicted molar refractivity (Wildman–Crippen MR) is 244 cm³/mol. The topological polar surface area (TPSA) is 146 Å². The van der Waals surface area contributed by atoms with Gasteiger partial charge in [0.25, 0.3) is 15.7 Å². The number of sulfonamides is 1. The van der Waals surface area contributed by atoms with Gasteiger partial charge in [0.15, 0.2) is 5.82 Å². The fourth-order valence-electron chi connectivity index (χ4n) is 7.74. The number of nitro groups is 1. The highest BCUT2D eigenvalue weighted by molar-refractivity contribution is 7.99. The maximum absolute atomic E-state index is 13.8. The second-order valence-electron chi connectivity index (χ2n) is 15.2. The zero-order valence-electron chi connectivity index (χ0n) is 33.8. The molecule has 1 unspecified atom stereocenters. The van der Waals surface area contributed by atoms with E-state index in [0.29, 0.717) is 41.3 Å². The summed E-state index contributed by atoms with van der Waals surface area (Å²) < 4.78 is 49.2. The molecule has 1 aromatic heterocycles. The van der Waals surface area contributed by atoms with E-state index in [1.807, 2.05) is 36.4 Å². The van der Waals surface area contributed by atoms with Crippen LogP contribution in [0, 0.1) is 15.9 Å². The standard InChI is InChI=1S/C45H46ClFN8O5S2/c46-34-7-5-32(6-8-34)40-4-2-1-3-33(40)29-53-19-21-54(22-20-53)37-11-15-41-43(27-37)48-31-49-45(41)51-62(58,59)39-14-16-42(44(28-39)55(56)57)50-36(17-18-52-23-25-60-26-24-52)30-61-38-12-9-35(47)10-13-38/h1-16,27-28,31,36,50H,17-26,29-30H2,(H,48,49,51). The van der Waals surface area contributed by atoms with Gasteiger partial charge in [-0.3, -0.25) is 24.6 Å². The van der Waals surface area contributed by atoms with Crippen LogP contribution in [-0.2, 0) is 21.3 Å². The molecule has 3 heterocycles. The zero-order chi connectivity index (χ0) is 43.1. The maximum atomic E-state index is 13.8. The second-order valence-corrected chi connectivity index (χ2v) is 18.5. The van der Waals surface area contributed by atoms with Gasteiger partial charge < -0.3 is 15.0 Å². The molecule has 0 amide bonds. The molecule has 322 valence electrons. The van der Waals surface area contributed by atoms with Crippen molar-refractivity contribution in [1.29, 1.82) is 0 Å². The monoisotopic (exact) mass is 896 g/mol. The molecule has 0 aliphatic carbocycles. The number of ether oxygens (including phenoxy) is 1. The van der Waals surface area contributed by atoms with Gasteiger partial charge in [-0.2, -0.15) is 0 Å². The van der Waals surface area contributed by atoms with Crippen molar-refractivity contribution in [3.8, 4) is 11.1 Å². The van der Waals surface area contributed by atoms with Crippen LogP contribution in [0.5, 0.6) is 0 Å². The molecule has 17 heteroatoms. The van der Waals surface area contributed by atoms with Crippen molar-refractivity contribution >= 4 is 67.2 Å². The summed E-state index contributed by atoms with van der Waals surface area (Å²) in [7, 11) is -4.31. The van der Waals surface area contributed by atoms with Crippen molar-refractivity contribution < 1.29 is 22.5 Å². The van der Waals surface area contributed by atoms with E-state index in [9.17, 15) is 22.9 Å². The Morgan fingerprint density at radius 2 is 1.63 bits per heavy atom. The Balaban J connectivity index is 0.935. The molecule has 2 N–H and O–H groups in total. The van der Waals surface area contributed by atoms with Crippen LogP contribution in [0.3, 0.4) is 0 Å². The highest BCUT2D eigenvalue weighted by atomic mass is 35.5. The van der Waals surface area contributed by atoms with Crippen molar-refractivity contribution in [1.82, 2.24) is 19.8 Å². The van der Waals surface area contributed by atoms with Crippen LogP contribution in [0.15, 0.2) is 125 Å². The normalized spacial score (nSPS) is 15.7. The van der Waals surface area contributed by atoms with Crippen LogP contribution >= 0.6 is 23.4 Å². The van der Waals surface area contributed by atoms with Crippen LogP contribution in [0.1, 0.15) is 12.0 Å². The Morgan fingerprint density at radius 1 is 0.871 bits per heavy atom. The first kappa shape index (κ1) is 43.3. The van der Waals surface area contributed by atoms with Crippen molar-refractivity contribution in [3.63, 3.8) is 0 Å². The van der Waals surface area contributed by atoms with Gasteiger partial charge in [0.2, 0.25) is 0 Å². The summed E-state index contributed by atoms with van der Waals surface area (Å²) >= 11 is 7.65. The lowest BCUT2D eigenvalue weighted by Gasteiger charge is -2.36. The molecular formula is C45H46ClFN8O5S2. The predicted octanol–water partition coefficient (Wildman–Crippen LogP) is 8.42. The summed E-state index contributed by atoms with van der Waals surface area (Å²) in [5.41, 5.74) is 4.91. The lowest BCUT2D eigenvalue weighted by molar-refractivity contribution is -0.384. The maximum Gasteiger partial charge on any atom is 0.293 e. The number of hydrogen-bond donors (Lipinski definition) is 2. The van der Waals surface area contributed by atoms with E-state index < -0.39 is 14.9 Å². The fraction of sp³-hybridized carbons (Fsp3) is 0.289. The average molecular weight is 897 g/mol. The smallest absolute Gasteiger partial charge is 0.293 e. The quantitative estimate of drug-likeness (QED) is 0.0547. The molecule has 6 aromatic rings. The summed E-state index contributed by atoms with van der Waals surface area (Å²) in [6.45, 7) is 7.73. The van der Waals surface area contributed by atoms with Crippen molar-refractivity contribution in [3.05, 3.63) is 142 Å². The number of aromatic nitrogens is 2. The van der Waals surface area contributed by atoms with E-state index in [0.717, 1.165) is 74.6 Å². The average Bonchev–Trinajstić information content (AvgIpc) is 3.29. The number of morpholine rings is 1. The Bertz CT molecular complexity index is 2610. The molecule has 0 saturated carbocycles. The van der Waals surface area contributed by atoms with E-state index in [1.54, 1.807) is 18.2 Å². The second kappa shape index (κ2) is 19.8. The summed E-state index contributed by atoms with van der Waals surface area (Å²) in [4.78, 5) is 28.1.